The van der Waals surface area contributed by atoms with Gasteiger partial charge in [0.05, 0.1) is 6.61 Å². The third-order valence-electron chi connectivity index (χ3n) is 1.60. The molecule has 72 valence electrons. The van der Waals surface area contributed by atoms with E-state index >= 15 is 0 Å². The molecule has 4 nitrogen and oxygen atoms in total. The van der Waals surface area contributed by atoms with Gasteiger partial charge in [0.15, 0.2) is 5.75 Å². The molecule has 0 aromatic carbocycles. The van der Waals surface area contributed by atoms with Crippen LogP contribution in [0.2, 0.25) is 0 Å². The van der Waals surface area contributed by atoms with Crippen LogP contribution in [0.25, 0.3) is 0 Å². The molecule has 1 aromatic rings. The molecule has 0 fully saturated rings. The van der Waals surface area contributed by atoms with Crippen LogP contribution < -0.4 is 5.56 Å². The predicted octanol–water partition coefficient (Wildman–Crippen LogP) is 0.510. The molecule has 0 unspecified atom stereocenters. The number of pyridine rings is 1. The van der Waals surface area contributed by atoms with Crippen LogP contribution in [0.1, 0.15) is 17.6 Å². The van der Waals surface area contributed by atoms with Crippen molar-refractivity contribution in [1.29, 1.82) is 0 Å². The third kappa shape index (κ3) is 1.67. The molecular formula is C7H7F2NO3. The van der Waals surface area contributed by atoms with Gasteiger partial charge >= 0.3 is 0 Å². The van der Waals surface area contributed by atoms with Crippen molar-refractivity contribution >= 4 is 0 Å². The molecule has 0 aliphatic heterocycles. The second kappa shape index (κ2) is 3.53. The lowest BCUT2D eigenvalue weighted by atomic mass is 10.1. The Balaban J connectivity index is 3.38. The van der Waals surface area contributed by atoms with E-state index in [0.29, 0.717) is 0 Å². The summed E-state index contributed by atoms with van der Waals surface area (Å²) in [6.07, 6.45) is -2.07. The summed E-state index contributed by atoms with van der Waals surface area (Å²) in [6, 6.07) is 0. The zero-order valence-corrected chi connectivity index (χ0v) is 6.42. The highest BCUT2D eigenvalue weighted by molar-refractivity contribution is 5.35. The second-order valence-electron chi connectivity index (χ2n) is 2.36. The number of halogens is 2. The van der Waals surface area contributed by atoms with Crippen LogP contribution in [0.4, 0.5) is 8.78 Å². The summed E-state index contributed by atoms with van der Waals surface area (Å²) in [4.78, 5) is 12.6. The van der Waals surface area contributed by atoms with E-state index in [1.54, 1.807) is 0 Å². The minimum atomic E-state index is -2.84. The van der Waals surface area contributed by atoms with Gasteiger partial charge in [-0.3, -0.25) is 4.79 Å². The van der Waals surface area contributed by atoms with Crippen LogP contribution in [0, 0.1) is 0 Å². The van der Waals surface area contributed by atoms with E-state index in [4.69, 9.17) is 10.2 Å². The Morgan fingerprint density at radius 2 is 2.15 bits per heavy atom. The number of aliphatic hydroxyl groups is 1. The van der Waals surface area contributed by atoms with Gasteiger partial charge in [-0.15, -0.1) is 0 Å². The summed E-state index contributed by atoms with van der Waals surface area (Å²) >= 11 is 0. The molecule has 0 aliphatic carbocycles. The number of hydrogen-bond donors (Lipinski definition) is 3. The first-order valence-corrected chi connectivity index (χ1v) is 3.40. The van der Waals surface area contributed by atoms with E-state index in [0.717, 1.165) is 6.20 Å². The van der Waals surface area contributed by atoms with Gasteiger partial charge in [0.1, 0.15) is 0 Å². The Morgan fingerprint density at radius 1 is 1.54 bits per heavy atom. The van der Waals surface area contributed by atoms with Crippen molar-refractivity contribution in [1.82, 2.24) is 4.98 Å². The van der Waals surface area contributed by atoms with Crippen molar-refractivity contribution < 1.29 is 19.0 Å². The summed E-state index contributed by atoms with van der Waals surface area (Å²) < 4.78 is 24.4. The maximum Gasteiger partial charge on any atom is 0.290 e. The first-order valence-electron chi connectivity index (χ1n) is 3.40. The van der Waals surface area contributed by atoms with Crippen LogP contribution in [0.5, 0.6) is 5.75 Å². The standard InChI is InChI=1S/C7H7F2NO3/c8-6(9)3-1-10-7(13)5(12)4(3)2-11/h1,6,11-12H,2H2,(H,10,13). The fourth-order valence-corrected chi connectivity index (χ4v) is 0.933. The van der Waals surface area contributed by atoms with Gasteiger partial charge in [-0.1, -0.05) is 0 Å². The highest BCUT2D eigenvalue weighted by Gasteiger charge is 2.17. The lowest BCUT2D eigenvalue weighted by Gasteiger charge is -2.06. The molecule has 0 bridgehead atoms. The van der Waals surface area contributed by atoms with Gasteiger partial charge in [-0.25, -0.2) is 8.78 Å². The smallest absolute Gasteiger partial charge is 0.290 e. The first-order chi connectivity index (χ1) is 6.07. The molecule has 0 radical (unpaired) electrons. The topological polar surface area (TPSA) is 73.3 Å². The van der Waals surface area contributed by atoms with Crippen molar-refractivity contribution in [3.05, 3.63) is 27.7 Å². The van der Waals surface area contributed by atoms with E-state index in [-0.39, 0.29) is 0 Å². The Hall–Kier alpha value is -1.43. The molecule has 6 heteroatoms. The SMILES string of the molecule is O=c1[nH]cc(C(F)F)c(CO)c1O. The molecule has 1 aromatic heterocycles. The number of nitrogens with one attached hydrogen (secondary N) is 1. The van der Waals surface area contributed by atoms with Gasteiger partial charge in [0.2, 0.25) is 0 Å². The lowest BCUT2D eigenvalue weighted by molar-refractivity contribution is 0.145. The van der Waals surface area contributed by atoms with E-state index in [1.165, 1.54) is 0 Å². The molecule has 0 amide bonds. The highest BCUT2D eigenvalue weighted by Crippen LogP contribution is 2.25. The maximum atomic E-state index is 12.2. The molecule has 0 saturated carbocycles. The largest absolute Gasteiger partial charge is 0.503 e. The van der Waals surface area contributed by atoms with E-state index in [2.05, 4.69) is 0 Å². The van der Waals surface area contributed by atoms with Crippen molar-refractivity contribution in [2.45, 2.75) is 13.0 Å². The molecule has 0 spiro atoms. The molecule has 1 heterocycles. The fraction of sp³-hybridized carbons (Fsp3) is 0.286. The monoisotopic (exact) mass is 191 g/mol. The quantitative estimate of drug-likeness (QED) is 0.637. The number of rotatable bonds is 2. The molecule has 0 atom stereocenters. The Kier molecular flexibility index (Phi) is 2.62. The fourth-order valence-electron chi connectivity index (χ4n) is 0.933. The van der Waals surface area contributed by atoms with Crippen molar-refractivity contribution in [2.75, 3.05) is 0 Å². The predicted molar refractivity (Wildman–Crippen MR) is 39.6 cm³/mol. The Morgan fingerprint density at radius 3 is 2.62 bits per heavy atom. The highest BCUT2D eigenvalue weighted by atomic mass is 19.3. The molecule has 0 saturated heterocycles. The van der Waals surface area contributed by atoms with Crippen molar-refractivity contribution in [2.24, 2.45) is 0 Å². The molecule has 3 N–H and O–H groups in total. The average Bonchev–Trinajstić information content (AvgIpc) is 2.09. The third-order valence-corrected chi connectivity index (χ3v) is 1.60. The maximum absolute atomic E-state index is 12.2. The van der Waals surface area contributed by atoms with Gasteiger partial charge < -0.3 is 15.2 Å². The second-order valence-corrected chi connectivity index (χ2v) is 2.36. The zero-order valence-electron chi connectivity index (χ0n) is 6.42. The van der Waals surface area contributed by atoms with Crippen LogP contribution >= 0.6 is 0 Å². The molecular weight excluding hydrogens is 184 g/mol. The van der Waals surface area contributed by atoms with Gasteiger partial charge in [0, 0.05) is 17.3 Å². The molecule has 13 heavy (non-hydrogen) atoms. The summed E-state index contributed by atoms with van der Waals surface area (Å²) in [5, 5.41) is 17.6. The Labute approximate surface area is 71.5 Å². The van der Waals surface area contributed by atoms with Crippen LogP contribution in [0.15, 0.2) is 11.0 Å². The van der Waals surface area contributed by atoms with Gasteiger partial charge in [-0.05, 0) is 0 Å². The summed E-state index contributed by atoms with van der Waals surface area (Å²) in [5.41, 5.74) is -1.90. The summed E-state index contributed by atoms with van der Waals surface area (Å²) in [6.45, 7) is -0.796. The number of aromatic hydroxyl groups is 1. The zero-order chi connectivity index (χ0) is 10.0. The average molecular weight is 191 g/mol. The molecule has 1 rings (SSSR count). The lowest BCUT2D eigenvalue weighted by Crippen LogP contribution is -2.10. The molecule has 0 aliphatic rings. The summed E-state index contributed by atoms with van der Waals surface area (Å²) in [5.74, 6) is -0.861. The number of alkyl halides is 2. The number of aromatic amines is 1. The van der Waals surface area contributed by atoms with Crippen LogP contribution in [-0.4, -0.2) is 15.2 Å². The minimum Gasteiger partial charge on any atom is -0.503 e. The minimum absolute atomic E-state index is 0.432. The normalized spacial score (nSPS) is 10.8. The number of hydrogen-bond acceptors (Lipinski definition) is 3. The number of aromatic nitrogens is 1. The van der Waals surface area contributed by atoms with Crippen LogP contribution in [0.3, 0.4) is 0 Å². The van der Waals surface area contributed by atoms with E-state index in [9.17, 15) is 13.6 Å². The van der Waals surface area contributed by atoms with E-state index < -0.39 is 35.5 Å². The summed E-state index contributed by atoms with van der Waals surface area (Å²) in [7, 11) is 0. The van der Waals surface area contributed by atoms with Crippen LogP contribution in [-0.2, 0) is 6.61 Å². The Bertz CT molecular complexity index is 361. The van der Waals surface area contributed by atoms with Gasteiger partial charge in [-0.2, -0.15) is 0 Å². The number of aliphatic hydroxyl groups excluding tert-OH is 1. The van der Waals surface area contributed by atoms with E-state index in [1.807, 2.05) is 4.98 Å². The van der Waals surface area contributed by atoms with Crippen molar-refractivity contribution in [3.8, 4) is 5.75 Å². The van der Waals surface area contributed by atoms with Gasteiger partial charge in [0.25, 0.3) is 12.0 Å². The first kappa shape index (κ1) is 9.66. The number of H-pyrrole nitrogens is 1. The van der Waals surface area contributed by atoms with Crippen molar-refractivity contribution in [3.63, 3.8) is 0 Å².